The number of benzene rings is 2. The Balaban J connectivity index is 2.14. The third-order valence-electron chi connectivity index (χ3n) is 6.43. The maximum atomic E-state index is 13.0. The van der Waals surface area contributed by atoms with Gasteiger partial charge in [-0.05, 0) is 28.5 Å². The predicted molar refractivity (Wildman–Crippen MR) is 130 cm³/mol. The maximum absolute atomic E-state index is 13.0. The van der Waals surface area contributed by atoms with Crippen LogP contribution in [0.3, 0.4) is 0 Å². The van der Waals surface area contributed by atoms with Crippen molar-refractivity contribution in [2.24, 2.45) is 5.41 Å². The lowest BCUT2D eigenvalue weighted by atomic mass is 9.87. The van der Waals surface area contributed by atoms with Crippen molar-refractivity contribution in [2.75, 3.05) is 0 Å². The topological polar surface area (TPSA) is 54.5 Å². The molecule has 2 aromatic rings. The number of amides is 1. The van der Waals surface area contributed by atoms with E-state index in [2.05, 4.69) is 58.1 Å². The Bertz CT molecular complexity index is 980. The van der Waals surface area contributed by atoms with Gasteiger partial charge in [-0.1, -0.05) is 94.5 Å². The normalized spacial score (nSPS) is 20.5. The lowest BCUT2D eigenvalue weighted by molar-refractivity contribution is -0.124. The molecule has 0 N–H and O–H groups in total. The Kier molecular flexibility index (Phi) is 6.75. The van der Waals surface area contributed by atoms with Gasteiger partial charge in [0.25, 0.3) is 0 Å². The molecule has 1 aliphatic heterocycles. The minimum Gasteiger partial charge on any atom is -0.274 e. The molecule has 3 rings (SSSR count). The second kappa shape index (κ2) is 8.72. The molecule has 1 saturated heterocycles. The fourth-order valence-electron chi connectivity index (χ4n) is 5.21. The zero-order valence-electron chi connectivity index (χ0n) is 18.9. The van der Waals surface area contributed by atoms with Crippen LogP contribution in [0.25, 0.3) is 0 Å². The number of nitrogens with zero attached hydrogens (tertiary/aromatic N) is 1. The standard InChI is InChI=1S/C24H32ClNO3SSi/c1-24(2,3)17-20-21(16-22(27)26(20)30(25,28)29)31(4,5)23(18-12-8-6-9-13-18)19-14-10-7-11-15-19/h6-15,20-21,23H,16-17H2,1-5H3/t20-,21+/m0/s1. The Morgan fingerprint density at radius 1 is 1.00 bits per heavy atom. The molecule has 0 aliphatic carbocycles. The highest BCUT2D eigenvalue weighted by Crippen LogP contribution is 2.50. The van der Waals surface area contributed by atoms with Gasteiger partial charge in [0.05, 0.1) is 14.1 Å². The summed E-state index contributed by atoms with van der Waals surface area (Å²) in [5.74, 6) is -0.380. The molecular weight excluding hydrogens is 446 g/mol. The van der Waals surface area contributed by atoms with Crippen molar-refractivity contribution in [3.05, 3.63) is 71.8 Å². The first-order chi connectivity index (χ1) is 14.3. The monoisotopic (exact) mass is 477 g/mol. The van der Waals surface area contributed by atoms with Gasteiger partial charge in [0.1, 0.15) is 0 Å². The SMILES string of the molecule is CC(C)(C)C[C@H]1[C@H]([Si](C)(C)C(c2ccccc2)c2ccccc2)CC(=O)N1S(=O)(=O)Cl. The van der Waals surface area contributed by atoms with Crippen LogP contribution < -0.4 is 0 Å². The summed E-state index contributed by atoms with van der Waals surface area (Å²) in [5.41, 5.74) is 2.36. The number of halogens is 1. The van der Waals surface area contributed by atoms with Gasteiger partial charge >= 0.3 is 9.24 Å². The van der Waals surface area contributed by atoms with Gasteiger partial charge in [0.15, 0.2) is 0 Å². The number of carbonyl (C=O) groups excluding carboxylic acids is 1. The zero-order chi connectivity index (χ0) is 23.0. The van der Waals surface area contributed by atoms with Gasteiger partial charge in [-0.3, -0.25) is 4.79 Å². The molecule has 0 radical (unpaired) electrons. The van der Waals surface area contributed by atoms with E-state index in [1.54, 1.807) is 0 Å². The van der Waals surface area contributed by atoms with Gasteiger partial charge in [-0.15, -0.1) is 0 Å². The fourth-order valence-corrected chi connectivity index (χ4v) is 11.2. The molecular formula is C24H32ClNO3SSi. The molecule has 168 valence electrons. The minimum atomic E-state index is -4.14. The quantitative estimate of drug-likeness (QED) is 0.381. The molecule has 1 fully saturated rings. The predicted octanol–water partition coefficient (Wildman–Crippen LogP) is 5.96. The van der Waals surface area contributed by atoms with Crippen molar-refractivity contribution in [3.63, 3.8) is 0 Å². The van der Waals surface area contributed by atoms with Crippen LogP contribution in [0.5, 0.6) is 0 Å². The first kappa shape index (κ1) is 24.0. The van der Waals surface area contributed by atoms with Gasteiger partial charge in [-0.2, -0.15) is 8.42 Å². The minimum absolute atomic E-state index is 0.0434. The summed E-state index contributed by atoms with van der Waals surface area (Å²) in [6, 6.07) is 20.3. The van der Waals surface area contributed by atoms with Crippen LogP contribution in [0.1, 0.15) is 50.3 Å². The smallest absolute Gasteiger partial charge is 0.274 e. The van der Waals surface area contributed by atoms with E-state index in [0.29, 0.717) is 6.42 Å². The first-order valence-electron chi connectivity index (χ1n) is 10.7. The fraction of sp³-hybridized carbons (Fsp3) is 0.458. The molecule has 0 bridgehead atoms. The molecule has 0 unspecified atom stereocenters. The number of rotatable bonds is 6. The maximum Gasteiger partial charge on any atom is 0.324 e. The van der Waals surface area contributed by atoms with E-state index in [-0.39, 0.29) is 28.8 Å². The van der Waals surface area contributed by atoms with Crippen molar-refractivity contribution in [3.8, 4) is 0 Å². The van der Waals surface area contributed by atoms with Gasteiger partial charge in [0, 0.05) is 22.6 Å². The summed E-state index contributed by atoms with van der Waals surface area (Å²) in [7, 11) is -0.656. The number of hydrogen-bond acceptors (Lipinski definition) is 3. The summed E-state index contributed by atoms with van der Waals surface area (Å²) >= 11 is 0. The number of carbonyl (C=O) groups is 1. The Morgan fingerprint density at radius 3 is 1.84 bits per heavy atom. The van der Waals surface area contributed by atoms with Gasteiger partial charge in [-0.25, -0.2) is 4.31 Å². The van der Waals surface area contributed by atoms with Crippen molar-refractivity contribution in [2.45, 2.75) is 63.8 Å². The van der Waals surface area contributed by atoms with Crippen LogP contribution in [0.2, 0.25) is 18.6 Å². The van der Waals surface area contributed by atoms with Crippen LogP contribution in [0, 0.1) is 5.41 Å². The summed E-state index contributed by atoms with van der Waals surface area (Å²) in [5, 5.41) is 0. The van der Waals surface area contributed by atoms with Crippen LogP contribution >= 0.6 is 10.7 Å². The van der Waals surface area contributed by atoms with E-state index >= 15 is 0 Å². The molecule has 1 aliphatic rings. The van der Waals surface area contributed by atoms with E-state index in [9.17, 15) is 13.2 Å². The average Bonchev–Trinajstić information content (AvgIpc) is 2.98. The highest BCUT2D eigenvalue weighted by Gasteiger charge is 2.55. The van der Waals surface area contributed by atoms with Crippen LogP contribution in [-0.4, -0.2) is 32.7 Å². The largest absolute Gasteiger partial charge is 0.324 e. The Labute approximate surface area is 192 Å². The van der Waals surface area contributed by atoms with Gasteiger partial charge < -0.3 is 0 Å². The van der Waals surface area contributed by atoms with Crippen molar-refractivity contribution < 1.29 is 13.2 Å². The van der Waals surface area contributed by atoms with Crippen LogP contribution in [0.4, 0.5) is 0 Å². The van der Waals surface area contributed by atoms with E-state index in [1.165, 1.54) is 11.1 Å². The first-order valence-corrected chi connectivity index (χ1v) is 16.1. The van der Waals surface area contributed by atoms with Crippen LogP contribution in [-0.2, 0) is 14.0 Å². The molecule has 7 heteroatoms. The van der Waals surface area contributed by atoms with E-state index in [1.807, 2.05) is 36.4 Å². The molecule has 2 aromatic carbocycles. The molecule has 31 heavy (non-hydrogen) atoms. The second-order valence-electron chi connectivity index (χ2n) is 10.4. The highest BCUT2D eigenvalue weighted by atomic mass is 35.7. The Morgan fingerprint density at radius 2 is 1.45 bits per heavy atom. The highest BCUT2D eigenvalue weighted by molar-refractivity contribution is 8.12. The summed E-state index contributed by atoms with van der Waals surface area (Å²) < 4.78 is 25.8. The van der Waals surface area contributed by atoms with Crippen molar-refractivity contribution in [1.82, 2.24) is 4.31 Å². The lowest BCUT2D eigenvalue weighted by Gasteiger charge is -2.42. The third-order valence-corrected chi connectivity index (χ3v) is 12.5. The molecule has 1 amide bonds. The summed E-state index contributed by atoms with van der Waals surface area (Å²) in [6.07, 6.45) is 0.810. The molecule has 2 atom stereocenters. The molecule has 0 spiro atoms. The molecule has 1 heterocycles. The summed E-state index contributed by atoms with van der Waals surface area (Å²) in [6.45, 7) is 10.8. The third kappa shape index (κ3) is 5.24. The zero-order valence-corrected chi connectivity index (χ0v) is 21.5. The Hall–Kier alpha value is -1.63. The van der Waals surface area contributed by atoms with Gasteiger partial charge in [0.2, 0.25) is 5.91 Å². The van der Waals surface area contributed by atoms with E-state index in [0.717, 1.165) is 4.31 Å². The van der Waals surface area contributed by atoms with Crippen LogP contribution in [0.15, 0.2) is 60.7 Å². The van der Waals surface area contributed by atoms with E-state index < -0.39 is 23.4 Å². The molecule has 0 aromatic heterocycles. The van der Waals surface area contributed by atoms with E-state index in [4.69, 9.17) is 10.7 Å². The molecule has 4 nitrogen and oxygen atoms in total. The molecule has 0 saturated carbocycles. The summed E-state index contributed by atoms with van der Waals surface area (Å²) in [4.78, 5) is 13.0. The second-order valence-corrected chi connectivity index (χ2v) is 17.7. The lowest BCUT2D eigenvalue weighted by Crippen LogP contribution is -2.48. The van der Waals surface area contributed by atoms with Crippen molar-refractivity contribution >= 4 is 33.9 Å². The average molecular weight is 478 g/mol. The van der Waals surface area contributed by atoms with Crippen molar-refractivity contribution in [1.29, 1.82) is 0 Å². The number of hydrogen-bond donors (Lipinski definition) is 0.